The van der Waals surface area contributed by atoms with Crippen molar-refractivity contribution < 1.29 is 110 Å². The van der Waals surface area contributed by atoms with Crippen LogP contribution < -0.4 is 28.9 Å². The molecule has 2 aliphatic heterocycles. The molecule has 0 N–H and O–H groups in total. The molecular formula is C64H28F16N4O4Pt. The van der Waals surface area contributed by atoms with Crippen LogP contribution in [0.1, 0.15) is 0 Å². The Labute approximate surface area is 502 Å². The third-order valence-corrected chi connectivity index (χ3v) is 15.3. The first-order valence-electron chi connectivity index (χ1n) is 25.5. The first kappa shape index (κ1) is 59.5. The van der Waals surface area contributed by atoms with Crippen LogP contribution in [0, 0.1) is 93.1 Å². The number of halogens is 16. The van der Waals surface area contributed by atoms with Crippen LogP contribution in [0.25, 0.3) is 133 Å². The van der Waals surface area contributed by atoms with Crippen LogP contribution in [-0.4, -0.2) is 38.4 Å². The fourth-order valence-electron chi connectivity index (χ4n) is 11.2. The van der Waals surface area contributed by atoms with E-state index in [4.69, 9.17) is 18.9 Å². The van der Waals surface area contributed by atoms with Gasteiger partial charge >= 0.3 is 21.1 Å². The first-order valence-corrected chi connectivity index (χ1v) is 25.5. The second kappa shape index (κ2) is 21.8. The van der Waals surface area contributed by atoms with E-state index in [1.165, 1.54) is 77.0 Å². The summed E-state index contributed by atoms with van der Waals surface area (Å²) in [6.45, 7) is 0. The van der Waals surface area contributed by atoms with Gasteiger partial charge in [-0.25, -0.2) is 80.2 Å². The second-order valence-electron chi connectivity index (χ2n) is 19.7. The molecule has 450 valence electrons. The Hall–Kier alpha value is -9.83. The summed E-state index contributed by atoms with van der Waals surface area (Å²) >= 11 is 0. The molecule has 13 rings (SSSR count). The van der Waals surface area contributed by atoms with Crippen molar-refractivity contribution in [3.05, 3.63) is 190 Å². The Morgan fingerprint density at radius 2 is 0.404 bits per heavy atom. The van der Waals surface area contributed by atoms with Crippen molar-refractivity contribution in [2.45, 2.75) is 0 Å². The smallest absolute Gasteiger partial charge is 0.656 e. The summed E-state index contributed by atoms with van der Waals surface area (Å²) < 4.78 is 292. The van der Waals surface area contributed by atoms with Gasteiger partial charge in [-0.15, -0.1) is 22.1 Å². The zero-order valence-electron chi connectivity index (χ0n) is 45.0. The second-order valence-corrected chi connectivity index (χ2v) is 19.7. The van der Waals surface area contributed by atoms with Crippen molar-refractivity contribution in [1.29, 1.82) is 0 Å². The summed E-state index contributed by atoms with van der Waals surface area (Å²) in [5.41, 5.74) is -20.8. The summed E-state index contributed by atoms with van der Waals surface area (Å²) in [4.78, 5) is 18.2. The van der Waals surface area contributed by atoms with Crippen LogP contribution in [0.15, 0.2) is 97.1 Å². The number of aromatic nitrogens is 4. The van der Waals surface area contributed by atoms with Gasteiger partial charge in [-0.2, -0.15) is 0 Å². The number of nitrogens with zero attached hydrogens (tertiary/aromatic N) is 4. The van der Waals surface area contributed by atoms with E-state index < -0.39 is 226 Å². The summed E-state index contributed by atoms with van der Waals surface area (Å²) in [5.74, 6) is -38.8. The Morgan fingerprint density at radius 3 is 0.573 bits per heavy atom. The predicted octanol–water partition coefficient (Wildman–Crippen LogP) is 17.5. The SMILES string of the molecule is COc1ccc(-c2c3nc(c(-c4ccc(OC)cc4)c4[n-]c(c(-c5ccc(OC)cc5)c5nc(c(-c6ccc(OC)cc6)c6[n-]c2c2c(F)c(F)c(F)c(F)c62)-c2c(F)c(F)c(F)c(F)c2-5)c2c(F)c(F)c(F)c(F)c42)-c2c(F)c(F)c(F)c(F)c2-3)cc1.[Pt+2]. The number of benzene rings is 8. The van der Waals surface area contributed by atoms with Gasteiger partial charge in [-0.1, -0.05) is 48.5 Å². The number of methoxy groups -OCH3 is 4. The summed E-state index contributed by atoms with van der Waals surface area (Å²) in [6, 6.07) is 18.0. The topological polar surface area (TPSA) is 90.9 Å². The van der Waals surface area contributed by atoms with E-state index >= 15 is 70.2 Å². The average Bonchev–Trinajstić information content (AvgIpc) is 1.58. The minimum absolute atomic E-state index is 0. The number of hydrogen-bond donors (Lipinski definition) is 0. The third-order valence-electron chi connectivity index (χ3n) is 15.3. The van der Waals surface area contributed by atoms with Crippen molar-refractivity contribution in [1.82, 2.24) is 19.9 Å². The fraction of sp³-hybridized carbons (Fsp3) is 0.0625. The van der Waals surface area contributed by atoms with Gasteiger partial charge in [0.2, 0.25) is 0 Å². The predicted molar refractivity (Wildman–Crippen MR) is 290 cm³/mol. The third kappa shape index (κ3) is 8.56. The maximum Gasteiger partial charge on any atom is 2.00 e. The van der Waals surface area contributed by atoms with E-state index in [9.17, 15) is 0 Å². The van der Waals surface area contributed by atoms with E-state index in [2.05, 4.69) is 19.9 Å². The maximum absolute atomic E-state index is 17.5. The number of rotatable bonds is 8. The monoisotopic (exact) mass is 1420 g/mol. The molecule has 0 saturated carbocycles. The molecule has 8 nitrogen and oxygen atoms in total. The average molecular weight is 1420 g/mol. The molecule has 4 heterocycles. The zero-order valence-corrected chi connectivity index (χ0v) is 47.3. The van der Waals surface area contributed by atoms with Gasteiger partial charge in [0.15, 0.2) is 93.1 Å². The minimum Gasteiger partial charge on any atom is -0.656 e. The van der Waals surface area contributed by atoms with E-state index in [1.54, 1.807) is 0 Å². The van der Waals surface area contributed by atoms with Gasteiger partial charge in [0.25, 0.3) is 0 Å². The molecular weight excluding hydrogens is 1390 g/mol. The standard InChI is InChI=1S/C64H28F16N4O4.Pt/c1-85-25-13-5-21(6-14-25)29-57-33-35(43(67)51(75)49(73)41(33)65)59(81-57)30(22-7-15-26(86-2)16-8-22)61-37-39(47(71)55(79)53(77)45(37)69)63(83-61)32(24-11-19-28(88-4)20-12-24)64-40-38(46(70)54(78)56(80)48(40)72)62(84-64)31(23-9-17-27(87-3)18-10-23)60-36-34(58(29)82-60)42(66)50(74)52(76)44(36)68;/h5-20H,1-4H3;/q-2;+2. The Balaban J connectivity index is 0.00000769. The molecule has 0 atom stereocenters. The molecule has 0 radical (unpaired) electrons. The zero-order chi connectivity index (χ0) is 62.4. The summed E-state index contributed by atoms with van der Waals surface area (Å²) in [5, 5.41) is -5.72. The van der Waals surface area contributed by atoms with Crippen molar-refractivity contribution in [2.75, 3.05) is 28.4 Å². The normalized spacial score (nSPS) is 11.7. The fourth-order valence-corrected chi connectivity index (χ4v) is 11.2. The molecule has 10 aromatic rings. The molecule has 1 aliphatic carbocycles. The van der Waals surface area contributed by atoms with Gasteiger partial charge in [-0.05, 0) is 93.0 Å². The molecule has 0 spiro atoms. The van der Waals surface area contributed by atoms with Crippen LogP contribution in [-0.2, 0) is 21.1 Å². The molecule has 25 heteroatoms. The maximum atomic E-state index is 17.5. The molecule has 2 aromatic heterocycles. The van der Waals surface area contributed by atoms with Crippen molar-refractivity contribution in [3.8, 4) is 113 Å². The molecule has 0 unspecified atom stereocenters. The van der Waals surface area contributed by atoms with Gasteiger partial charge in [0.1, 0.15) is 23.0 Å². The molecule has 0 saturated heterocycles. The quantitative estimate of drug-likeness (QED) is 0.0844. The van der Waals surface area contributed by atoms with E-state index in [0.717, 1.165) is 48.5 Å². The molecule has 0 fully saturated rings. The van der Waals surface area contributed by atoms with Crippen molar-refractivity contribution in [3.63, 3.8) is 0 Å². The van der Waals surface area contributed by atoms with Gasteiger partial charge in [0.05, 0.1) is 73.5 Å². The largest absolute Gasteiger partial charge is 2.00 e. The van der Waals surface area contributed by atoms with Crippen LogP contribution in [0.3, 0.4) is 0 Å². The van der Waals surface area contributed by atoms with Gasteiger partial charge < -0.3 is 28.9 Å². The van der Waals surface area contributed by atoms with Crippen LogP contribution in [0.4, 0.5) is 70.2 Å². The Kier molecular flexibility index (Phi) is 14.6. The first-order chi connectivity index (χ1) is 42.2. The van der Waals surface area contributed by atoms with Crippen molar-refractivity contribution >= 4 is 43.6 Å². The molecule has 89 heavy (non-hydrogen) atoms. The molecule has 8 aromatic carbocycles. The van der Waals surface area contributed by atoms with E-state index in [1.807, 2.05) is 0 Å². The summed E-state index contributed by atoms with van der Waals surface area (Å²) in [7, 11) is 4.80. The van der Waals surface area contributed by atoms with E-state index in [0.29, 0.717) is 0 Å². The van der Waals surface area contributed by atoms with Crippen molar-refractivity contribution in [2.24, 2.45) is 0 Å². The molecule has 3 aliphatic rings. The van der Waals surface area contributed by atoms with Gasteiger partial charge in [0, 0.05) is 21.5 Å². The van der Waals surface area contributed by atoms with E-state index in [-0.39, 0.29) is 44.1 Å². The molecule has 8 bridgehead atoms. The summed E-state index contributed by atoms with van der Waals surface area (Å²) in [6.07, 6.45) is 0. The van der Waals surface area contributed by atoms with Gasteiger partial charge in [-0.3, -0.25) is 0 Å². The van der Waals surface area contributed by atoms with Crippen LogP contribution >= 0.6 is 0 Å². The molecule has 0 amide bonds. The Morgan fingerprint density at radius 1 is 0.236 bits per heavy atom. The number of ether oxygens (including phenoxy) is 4. The van der Waals surface area contributed by atoms with Crippen LogP contribution in [0.2, 0.25) is 0 Å². The Bertz CT molecular complexity index is 4460. The minimum atomic E-state index is -2.55. The van der Waals surface area contributed by atoms with Crippen LogP contribution in [0.5, 0.6) is 23.0 Å². The number of hydrogen-bond acceptors (Lipinski definition) is 6.